The summed E-state index contributed by atoms with van der Waals surface area (Å²) in [4.78, 5) is 25.3. The van der Waals surface area contributed by atoms with Gasteiger partial charge < -0.3 is 10.2 Å². The zero-order valence-corrected chi connectivity index (χ0v) is 18.8. The smallest absolute Gasteiger partial charge is 0.337 e. The second-order valence-corrected chi connectivity index (χ2v) is 8.31. The van der Waals surface area contributed by atoms with Crippen LogP contribution in [-0.4, -0.2) is 31.5 Å². The highest BCUT2D eigenvalue weighted by Crippen LogP contribution is 2.37. The Morgan fingerprint density at radius 1 is 1.15 bits per heavy atom. The minimum atomic E-state index is -1.83. The van der Waals surface area contributed by atoms with Gasteiger partial charge in [-0.3, -0.25) is 9.89 Å². The van der Waals surface area contributed by atoms with Crippen molar-refractivity contribution in [1.82, 2.24) is 9.78 Å². The summed E-state index contributed by atoms with van der Waals surface area (Å²) in [6.07, 6.45) is 4.21. The molecule has 1 aliphatic rings. The third kappa shape index (κ3) is 4.07. The van der Waals surface area contributed by atoms with Crippen LogP contribution in [-0.2, 0) is 4.79 Å². The number of aromatic amines is 1. The van der Waals surface area contributed by atoms with E-state index in [2.05, 4.69) is 15.3 Å². The SMILES string of the molecule is Cc1ccc(-n2[nH]c(C)c(N=NC3(C(=O)O)C=CC=C(c4cc(F)ccc4O)C3)c2=O)cc1C. The van der Waals surface area contributed by atoms with E-state index < -0.39 is 22.9 Å². The Morgan fingerprint density at radius 2 is 1.91 bits per heavy atom. The van der Waals surface area contributed by atoms with Gasteiger partial charge in [0.05, 0.1) is 11.4 Å². The summed E-state index contributed by atoms with van der Waals surface area (Å²) < 4.78 is 15.1. The van der Waals surface area contributed by atoms with Crippen molar-refractivity contribution in [2.24, 2.45) is 10.2 Å². The molecular formula is C25H23FN4O4. The van der Waals surface area contributed by atoms with Gasteiger partial charge in [0.2, 0.25) is 5.54 Å². The van der Waals surface area contributed by atoms with Crippen molar-refractivity contribution in [3.05, 3.63) is 93.2 Å². The van der Waals surface area contributed by atoms with Crippen molar-refractivity contribution in [1.29, 1.82) is 0 Å². The summed E-state index contributed by atoms with van der Waals surface area (Å²) in [6.45, 7) is 5.55. The van der Waals surface area contributed by atoms with Crippen molar-refractivity contribution >= 4 is 17.2 Å². The van der Waals surface area contributed by atoms with E-state index >= 15 is 0 Å². The van der Waals surface area contributed by atoms with Crippen LogP contribution in [0.15, 0.2) is 69.6 Å². The number of H-pyrrole nitrogens is 1. The average molecular weight is 462 g/mol. The number of carbonyl (C=O) groups is 1. The molecule has 0 fully saturated rings. The van der Waals surface area contributed by atoms with Gasteiger partial charge in [-0.2, -0.15) is 5.11 Å². The van der Waals surface area contributed by atoms with Crippen LogP contribution in [0.4, 0.5) is 10.1 Å². The summed E-state index contributed by atoms with van der Waals surface area (Å²) in [5, 5.41) is 31.2. The molecule has 34 heavy (non-hydrogen) atoms. The fourth-order valence-electron chi connectivity index (χ4n) is 3.78. The number of rotatable bonds is 5. The molecule has 3 N–H and O–H groups in total. The average Bonchev–Trinajstić information content (AvgIpc) is 3.09. The van der Waals surface area contributed by atoms with Crippen LogP contribution in [0.25, 0.3) is 11.3 Å². The normalized spacial score (nSPS) is 17.8. The number of carboxylic acids is 1. The van der Waals surface area contributed by atoms with Crippen LogP contribution in [0.2, 0.25) is 0 Å². The maximum absolute atomic E-state index is 13.7. The minimum absolute atomic E-state index is 0.0167. The molecule has 0 spiro atoms. The van der Waals surface area contributed by atoms with Crippen molar-refractivity contribution in [3.8, 4) is 11.4 Å². The Labute approximate surface area is 194 Å². The molecular weight excluding hydrogens is 439 g/mol. The monoisotopic (exact) mass is 462 g/mol. The molecule has 8 nitrogen and oxygen atoms in total. The van der Waals surface area contributed by atoms with E-state index in [1.165, 1.54) is 22.9 Å². The van der Waals surface area contributed by atoms with Crippen LogP contribution in [0, 0.1) is 26.6 Å². The van der Waals surface area contributed by atoms with Crippen LogP contribution in [0.5, 0.6) is 5.75 Å². The standard InChI is InChI=1S/C25H23FN4O4/c1-14-6-8-19(11-15(14)2)30-23(32)22(16(3)28-30)27-29-25(24(33)34)10-4-5-17(13-25)20-12-18(26)7-9-21(20)31/h4-12,28,31H,13H2,1-3H3,(H,33,34). The van der Waals surface area contributed by atoms with Gasteiger partial charge in [0.1, 0.15) is 11.6 Å². The predicted octanol–water partition coefficient (Wildman–Crippen LogP) is 4.89. The van der Waals surface area contributed by atoms with Gasteiger partial charge in [0, 0.05) is 12.0 Å². The lowest BCUT2D eigenvalue weighted by Gasteiger charge is -2.25. The first-order valence-corrected chi connectivity index (χ1v) is 10.5. The van der Waals surface area contributed by atoms with E-state index in [-0.39, 0.29) is 23.4 Å². The third-order valence-electron chi connectivity index (χ3n) is 5.92. The highest BCUT2D eigenvalue weighted by molar-refractivity contribution is 5.88. The lowest BCUT2D eigenvalue weighted by Crippen LogP contribution is -2.35. The summed E-state index contributed by atoms with van der Waals surface area (Å²) >= 11 is 0. The van der Waals surface area contributed by atoms with Gasteiger partial charge in [-0.1, -0.05) is 18.2 Å². The maximum Gasteiger partial charge on any atom is 0.337 e. The fourth-order valence-corrected chi connectivity index (χ4v) is 3.78. The van der Waals surface area contributed by atoms with Gasteiger partial charge in [0.15, 0.2) is 5.69 Å². The zero-order valence-electron chi connectivity index (χ0n) is 18.8. The van der Waals surface area contributed by atoms with Gasteiger partial charge in [-0.15, -0.1) is 5.11 Å². The zero-order chi connectivity index (χ0) is 24.6. The summed E-state index contributed by atoms with van der Waals surface area (Å²) in [5.41, 5.74) is 1.36. The lowest BCUT2D eigenvalue weighted by molar-refractivity contribution is -0.141. The molecule has 174 valence electrons. The third-order valence-corrected chi connectivity index (χ3v) is 5.92. The minimum Gasteiger partial charge on any atom is -0.507 e. The number of benzene rings is 2. The van der Waals surface area contributed by atoms with Gasteiger partial charge >= 0.3 is 5.97 Å². The Bertz CT molecular complexity index is 1450. The van der Waals surface area contributed by atoms with Crippen LogP contribution >= 0.6 is 0 Å². The molecule has 2 aromatic carbocycles. The van der Waals surface area contributed by atoms with E-state index in [9.17, 15) is 24.2 Å². The number of aromatic hydroxyl groups is 1. The number of nitrogens with one attached hydrogen (secondary N) is 1. The molecule has 1 heterocycles. The molecule has 4 rings (SSSR count). The molecule has 0 amide bonds. The number of aryl methyl sites for hydroxylation is 3. The van der Waals surface area contributed by atoms with Crippen molar-refractivity contribution < 1.29 is 19.4 Å². The maximum atomic E-state index is 13.7. The van der Waals surface area contributed by atoms with Gasteiger partial charge in [0.25, 0.3) is 5.56 Å². The molecule has 0 saturated heterocycles. The Kier molecular flexibility index (Phi) is 5.78. The summed E-state index contributed by atoms with van der Waals surface area (Å²) in [7, 11) is 0. The second-order valence-electron chi connectivity index (χ2n) is 8.31. The molecule has 1 aromatic heterocycles. The Morgan fingerprint density at radius 3 is 2.62 bits per heavy atom. The second kappa shape index (κ2) is 8.58. The molecule has 3 aromatic rings. The van der Waals surface area contributed by atoms with Crippen molar-refractivity contribution in [3.63, 3.8) is 0 Å². The number of nitrogens with zero attached hydrogens (tertiary/aromatic N) is 3. The predicted molar refractivity (Wildman–Crippen MR) is 125 cm³/mol. The first-order valence-electron chi connectivity index (χ1n) is 10.5. The number of phenolic OH excluding ortho intramolecular Hbond substituents is 1. The van der Waals surface area contributed by atoms with Gasteiger partial charge in [-0.25, -0.2) is 13.9 Å². The molecule has 0 bridgehead atoms. The van der Waals surface area contributed by atoms with E-state index in [0.29, 0.717) is 17.0 Å². The van der Waals surface area contributed by atoms with E-state index in [1.54, 1.807) is 19.1 Å². The number of aromatic nitrogens is 2. The van der Waals surface area contributed by atoms with Gasteiger partial charge in [-0.05, 0) is 73.9 Å². The van der Waals surface area contributed by atoms with Crippen LogP contribution in [0.1, 0.15) is 28.8 Å². The highest BCUT2D eigenvalue weighted by Gasteiger charge is 2.39. The summed E-state index contributed by atoms with van der Waals surface area (Å²) in [5.74, 6) is -2.05. The number of aliphatic carboxylic acids is 1. The van der Waals surface area contributed by atoms with Crippen LogP contribution in [0.3, 0.4) is 0 Å². The number of carboxylic acid groups (broad SMARTS) is 1. The van der Waals surface area contributed by atoms with E-state index in [1.807, 2.05) is 26.0 Å². The molecule has 1 unspecified atom stereocenters. The first-order chi connectivity index (χ1) is 16.1. The quantitative estimate of drug-likeness (QED) is 0.468. The number of allylic oxidation sites excluding steroid dienone is 2. The lowest BCUT2D eigenvalue weighted by atomic mass is 9.84. The number of azo groups is 1. The highest BCUT2D eigenvalue weighted by atomic mass is 19.1. The number of hydrogen-bond donors (Lipinski definition) is 3. The number of phenols is 1. The molecule has 1 aliphatic carbocycles. The number of halogens is 1. The fraction of sp³-hybridized carbons (Fsp3) is 0.200. The topological polar surface area (TPSA) is 120 Å². The van der Waals surface area contributed by atoms with E-state index in [0.717, 1.165) is 23.3 Å². The van der Waals surface area contributed by atoms with E-state index in [4.69, 9.17) is 0 Å². The molecule has 0 saturated carbocycles. The molecule has 1 atom stereocenters. The first kappa shape index (κ1) is 22.9. The van der Waals surface area contributed by atoms with Crippen LogP contribution < -0.4 is 5.56 Å². The Balaban J connectivity index is 1.71. The number of hydrogen-bond acceptors (Lipinski definition) is 5. The molecule has 9 heteroatoms. The van der Waals surface area contributed by atoms with Crippen molar-refractivity contribution in [2.45, 2.75) is 32.7 Å². The van der Waals surface area contributed by atoms with Crippen molar-refractivity contribution in [2.75, 3.05) is 0 Å². The molecule has 0 aliphatic heterocycles. The largest absolute Gasteiger partial charge is 0.507 e. The summed E-state index contributed by atoms with van der Waals surface area (Å²) in [6, 6.07) is 8.99. The Hall–Kier alpha value is -4.27. The molecule has 0 radical (unpaired) electrons.